The molecular weight excluding hydrogens is 232 g/mol. The molecule has 2 unspecified atom stereocenters. The summed E-state index contributed by atoms with van der Waals surface area (Å²) in [5.41, 5.74) is 0. The Morgan fingerprint density at radius 1 is 1.33 bits per heavy atom. The van der Waals surface area contributed by atoms with E-state index in [-0.39, 0.29) is 6.03 Å². The highest BCUT2D eigenvalue weighted by Crippen LogP contribution is 2.05. The molecule has 0 fully saturated rings. The highest BCUT2D eigenvalue weighted by Gasteiger charge is 2.21. The maximum absolute atomic E-state index is 11.8. The number of carboxylic acid groups (broad SMARTS) is 1. The second-order valence-electron chi connectivity index (χ2n) is 4.88. The van der Waals surface area contributed by atoms with Crippen LogP contribution in [0, 0.1) is 5.92 Å². The first-order valence-corrected chi connectivity index (χ1v) is 6.66. The molecular formula is C13H26N2O3. The van der Waals surface area contributed by atoms with Crippen LogP contribution in [0.4, 0.5) is 4.79 Å². The van der Waals surface area contributed by atoms with E-state index in [2.05, 4.69) is 19.2 Å². The van der Waals surface area contributed by atoms with Gasteiger partial charge in [-0.1, -0.05) is 40.0 Å². The van der Waals surface area contributed by atoms with Crippen LogP contribution in [0.3, 0.4) is 0 Å². The van der Waals surface area contributed by atoms with Crippen molar-refractivity contribution in [1.82, 2.24) is 10.2 Å². The van der Waals surface area contributed by atoms with Crippen molar-refractivity contribution in [2.45, 2.75) is 52.5 Å². The van der Waals surface area contributed by atoms with E-state index in [1.807, 2.05) is 6.92 Å². The minimum atomic E-state index is -0.964. The van der Waals surface area contributed by atoms with Gasteiger partial charge in [-0.05, 0) is 12.3 Å². The standard InChI is InChI=1S/C13H26N2O3/c1-5-7-8-11(12(16)17)14-13(18)15(4)9-10(3)6-2/h10-11H,5-9H2,1-4H3,(H,14,18)(H,16,17). The van der Waals surface area contributed by atoms with Crippen LogP contribution < -0.4 is 5.32 Å². The Kier molecular flexibility index (Phi) is 8.16. The Bertz CT molecular complexity index is 269. The summed E-state index contributed by atoms with van der Waals surface area (Å²) >= 11 is 0. The molecule has 0 aliphatic carbocycles. The number of carboxylic acids is 1. The van der Waals surface area contributed by atoms with E-state index < -0.39 is 12.0 Å². The molecule has 0 saturated heterocycles. The van der Waals surface area contributed by atoms with Crippen LogP contribution in [0.2, 0.25) is 0 Å². The lowest BCUT2D eigenvalue weighted by Crippen LogP contribution is -2.47. The summed E-state index contributed by atoms with van der Waals surface area (Å²) in [7, 11) is 1.69. The molecule has 0 aliphatic rings. The molecule has 0 aliphatic heterocycles. The van der Waals surface area contributed by atoms with Gasteiger partial charge in [0.1, 0.15) is 6.04 Å². The van der Waals surface area contributed by atoms with Crippen molar-refractivity contribution in [3.05, 3.63) is 0 Å². The van der Waals surface area contributed by atoms with Crippen LogP contribution in [0.25, 0.3) is 0 Å². The molecule has 0 aromatic carbocycles. The van der Waals surface area contributed by atoms with Crippen molar-refractivity contribution in [3.8, 4) is 0 Å². The van der Waals surface area contributed by atoms with Crippen molar-refractivity contribution in [3.63, 3.8) is 0 Å². The Morgan fingerprint density at radius 2 is 1.94 bits per heavy atom. The summed E-state index contributed by atoms with van der Waals surface area (Å²) in [6.45, 7) is 6.77. The zero-order valence-corrected chi connectivity index (χ0v) is 11.9. The smallest absolute Gasteiger partial charge is 0.326 e. The second kappa shape index (κ2) is 8.78. The number of nitrogens with zero attached hydrogens (tertiary/aromatic N) is 1. The summed E-state index contributed by atoms with van der Waals surface area (Å²) in [6.07, 6.45) is 3.19. The maximum Gasteiger partial charge on any atom is 0.326 e. The minimum Gasteiger partial charge on any atom is -0.480 e. The van der Waals surface area contributed by atoms with Gasteiger partial charge in [0, 0.05) is 13.6 Å². The highest BCUT2D eigenvalue weighted by atomic mass is 16.4. The SMILES string of the molecule is CCCCC(NC(=O)N(C)CC(C)CC)C(=O)O. The van der Waals surface area contributed by atoms with E-state index in [4.69, 9.17) is 5.11 Å². The summed E-state index contributed by atoms with van der Waals surface area (Å²) in [6, 6.07) is -1.09. The summed E-state index contributed by atoms with van der Waals surface area (Å²) < 4.78 is 0. The normalized spacial score (nSPS) is 13.8. The van der Waals surface area contributed by atoms with Gasteiger partial charge in [-0.25, -0.2) is 9.59 Å². The quantitative estimate of drug-likeness (QED) is 0.702. The minimum absolute atomic E-state index is 0.307. The molecule has 0 spiro atoms. The predicted octanol–water partition coefficient (Wildman–Crippen LogP) is 2.32. The number of carbonyl (C=O) groups excluding carboxylic acids is 1. The van der Waals surface area contributed by atoms with Gasteiger partial charge in [-0.2, -0.15) is 0 Å². The fourth-order valence-electron chi connectivity index (χ4n) is 1.60. The number of unbranched alkanes of at least 4 members (excludes halogenated alkanes) is 1. The lowest BCUT2D eigenvalue weighted by Gasteiger charge is -2.23. The third-order valence-corrected chi connectivity index (χ3v) is 3.07. The van der Waals surface area contributed by atoms with E-state index in [0.717, 1.165) is 19.3 Å². The van der Waals surface area contributed by atoms with Gasteiger partial charge in [0.05, 0.1) is 0 Å². The highest BCUT2D eigenvalue weighted by molar-refractivity contribution is 5.82. The Labute approximate surface area is 110 Å². The summed E-state index contributed by atoms with van der Waals surface area (Å²) in [5.74, 6) is -0.548. The molecule has 2 atom stereocenters. The van der Waals surface area contributed by atoms with Gasteiger partial charge < -0.3 is 15.3 Å². The Hall–Kier alpha value is -1.26. The number of hydrogen-bond acceptors (Lipinski definition) is 2. The number of urea groups is 1. The van der Waals surface area contributed by atoms with Crippen LogP contribution in [-0.2, 0) is 4.79 Å². The fourth-order valence-corrected chi connectivity index (χ4v) is 1.60. The molecule has 0 radical (unpaired) electrons. The van der Waals surface area contributed by atoms with Crippen LogP contribution in [0.5, 0.6) is 0 Å². The maximum atomic E-state index is 11.8. The largest absolute Gasteiger partial charge is 0.480 e. The van der Waals surface area contributed by atoms with Gasteiger partial charge in [0.15, 0.2) is 0 Å². The molecule has 0 rings (SSSR count). The molecule has 5 nitrogen and oxygen atoms in total. The molecule has 2 N–H and O–H groups in total. The molecule has 0 bridgehead atoms. The van der Waals surface area contributed by atoms with E-state index in [1.165, 1.54) is 0 Å². The van der Waals surface area contributed by atoms with E-state index in [1.54, 1.807) is 11.9 Å². The number of amides is 2. The van der Waals surface area contributed by atoms with E-state index in [9.17, 15) is 9.59 Å². The zero-order chi connectivity index (χ0) is 14.1. The summed E-state index contributed by atoms with van der Waals surface area (Å²) in [4.78, 5) is 24.4. The second-order valence-corrected chi connectivity index (χ2v) is 4.88. The molecule has 106 valence electrons. The van der Waals surface area contributed by atoms with Gasteiger partial charge in [-0.3, -0.25) is 0 Å². The van der Waals surface area contributed by atoms with Gasteiger partial charge in [0.25, 0.3) is 0 Å². The predicted molar refractivity (Wildman–Crippen MR) is 71.6 cm³/mol. The lowest BCUT2D eigenvalue weighted by atomic mass is 10.1. The monoisotopic (exact) mass is 258 g/mol. The van der Waals surface area contributed by atoms with Crippen LogP contribution in [-0.4, -0.2) is 41.6 Å². The number of rotatable bonds is 8. The first-order chi connectivity index (χ1) is 8.42. The zero-order valence-electron chi connectivity index (χ0n) is 11.9. The first kappa shape index (κ1) is 16.7. The van der Waals surface area contributed by atoms with Crippen molar-refractivity contribution in [2.24, 2.45) is 5.92 Å². The van der Waals surface area contributed by atoms with Crippen LogP contribution in [0.1, 0.15) is 46.5 Å². The van der Waals surface area contributed by atoms with Crippen LogP contribution in [0.15, 0.2) is 0 Å². The number of carbonyl (C=O) groups is 2. The van der Waals surface area contributed by atoms with Gasteiger partial charge >= 0.3 is 12.0 Å². The third-order valence-electron chi connectivity index (χ3n) is 3.07. The molecule has 18 heavy (non-hydrogen) atoms. The Morgan fingerprint density at radius 3 is 2.39 bits per heavy atom. The summed E-state index contributed by atoms with van der Waals surface area (Å²) in [5, 5.41) is 11.6. The Balaban J connectivity index is 4.27. The van der Waals surface area contributed by atoms with Crippen molar-refractivity contribution >= 4 is 12.0 Å². The lowest BCUT2D eigenvalue weighted by molar-refractivity contribution is -0.139. The van der Waals surface area contributed by atoms with Crippen molar-refractivity contribution in [2.75, 3.05) is 13.6 Å². The molecule has 0 aromatic heterocycles. The number of hydrogen-bond donors (Lipinski definition) is 2. The number of aliphatic carboxylic acids is 1. The molecule has 2 amide bonds. The van der Waals surface area contributed by atoms with Gasteiger partial charge in [0.2, 0.25) is 0 Å². The van der Waals surface area contributed by atoms with Gasteiger partial charge in [-0.15, -0.1) is 0 Å². The number of nitrogens with one attached hydrogen (secondary N) is 1. The van der Waals surface area contributed by atoms with Crippen molar-refractivity contribution in [1.29, 1.82) is 0 Å². The third kappa shape index (κ3) is 6.47. The first-order valence-electron chi connectivity index (χ1n) is 6.66. The van der Waals surface area contributed by atoms with Crippen molar-refractivity contribution < 1.29 is 14.7 Å². The fraction of sp³-hybridized carbons (Fsp3) is 0.846. The van der Waals surface area contributed by atoms with E-state index in [0.29, 0.717) is 18.9 Å². The molecule has 0 heterocycles. The van der Waals surface area contributed by atoms with Crippen LogP contribution >= 0.6 is 0 Å². The molecule has 0 saturated carbocycles. The molecule has 0 aromatic rings. The molecule has 5 heteroatoms. The average molecular weight is 258 g/mol. The topological polar surface area (TPSA) is 69.6 Å². The van der Waals surface area contributed by atoms with E-state index >= 15 is 0 Å². The average Bonchev–Trinajstić information content (AvgIpc) is 2.33.